The number of benzene rings is 3. The summed E-state index contributed by atoms with van der Waals surface area (Å²) in [6.45, 7) is 7.94. The van der Waals surface area contributed by atoms with Gasteiger partial charge < -0.3 is 24.8 Å². The van der Waals surface area contributed by atoms with Gasteiger partial charge in [0.2, 0.25) is 0 Å². The lowest BCUT2D eigenvalue weighted by molar-refractivity contribution is 0.0698. The summed E-state index contributed by atoms with van der Waals surface area (Å²) in [5.74, 6) is -0.582. The van der Waals surface area contributed by atoms with Crippen LogP contribution < -0.4 is 14.8 Å². The summed E-state index contributed by atoms with van der Waals surface area (Å²) in [5.41, 5.74) is 2.25. The maximum Gasteiger partial charge on any atom is 0.337 e. The quantitative estimate of drug-likeness (QED) is 0.314. The summed E-state index contributed by atoms with van der Waals surface area (Å²) in [6.07, 6.45) is 1.82. The van der Waals surface area contributed by atoms with E-state index in [0.717, 1.165) is 56.7 Å². The molecule has 1 aliphatic rings. The molecule has 1 amide bonds. The van der Waals surface area contributed by atoms with E-state index in [4.69, 9.17) is 9.47 Å². The largest absolute Gasteiger partial charge is 0.493 e. The molecule has 2 N–H and O–H groups in total. The topological polar surface area (TPSA) is 91.3 Å². The Kier molecular flexibility index (Phi) is 9.94. The second-order valence-electron chi connectivity index (χ2n) is 9.74. The van der Waals surface area contributed by atoms with Crippen LogP contribution in [0.15, 0.2) is 66.7 Å². The monoisotopic (exact) mass is 531 g/mol. The molecule has 3 aromatic rings. The van der Waals surface area contributed by atoms with Crippen LogP contribution in [0.1, 0.15) is 40.5 Å². The number of carbonyl (C=O) groups excluding carboxylic acids is 1. The molecule has 0 bridgehead atoms. The van der Waals surface area contributed by atoms with Crippen molar-refractivity contribution in [3.63, 3.8) is 0 Å². The summed E-state index contributed by atoms with van der Waals surface area (Å²) in [4.78, 5) is 30.2. The molecule has 0 aromatic heterocycles. The lowest BCUT2D eigenvalue weighted by atomic mass is 10.0. The molecule has 1 saturated heterocycles. The van der Waals surface area contributed by atoms with E-state index in [2.05, 4.69) is 29.1 Å². The van der Waals surface area contributed by atoms with Gasteiger partial charge in [-0.05, 0) is 54.9 Å². The van der Waals surface area contributed by atoms with Crippen molar-refractivity contribution in [1.29, 1.82) is 0 Å². The van der Waals surface area contributed by atoms with E-state index >= 15 is 0 Å². The number of amides is 1. The van der Waals surface area contributed by atoms with Gasteiger partial charge in [-0.3, -0.25) is 9.69 Å². The standard InChI is InChI=1S/C31H37N3O5/c1-3-4-19-39-29-13-11-25(38-20-18-34-16-14-33(2)15-17-34)22-27(29)30(35)32-28-21-24(10-12-26(28)31(36)37)23-8-6-5-7-9-23/h5-13,21-22H,3-4,14-20H2,1-2H3,(H,32,35)(H,36,37). The summed E-state index contributed by atoms with van der Waals surface area (Å²) in [7, 11) is 2.13. The number of carbonyl (C=O) groups is 2. The van der Waals surface area contributed by atoms with E-state index in [0.29, 0.717) is 30.3 Å². The molecule has 0 atom stereocenters. The summed E-state index contributed by atoms with van der Waals surface area (Å²) >= 11 is 0. The van der Waals surface area contributed by atoms with Crippen LogP contribution >= 0.6 is 0 Å². The number of ether oxygens (including phenoxy) is 2. The highest BCUT2D eigenvalue weighted by atomic mass is 16.5. The Bertz CT molecular complexity index is 1260. The average molecular weight is 532 g/mol. The van der Waals surface area contributed by atoms with Crippen molar-refractivity contribution in [2.45, 2.75) is 19.8 Å². The highest BCUT2D eigenvalue weighted by molar-refractivity contribution is 6.09. The third kappa shape index (κ3) is 7.81. The number of piperazine rings is 1. The Morgan fingerprint density at radius 2 is 1.64 bits per heavy atom. The predicted molar refractivity (Wildman–Crippen MR) is 153 cm³/mol. The second kappa shape index (κ2) is 13.8. The fraction of sp³-hybridized carbons (Fsp3) is 0.355. The third-order valence-corrected chi connectivity index (χ3v) is 6.83. The predicted octanol–water partition coefficient (Wildman–Crippen LogP) is 5.11. The van der Waals surface area contributed by atoms with E-state index in [1.54, 1.807) is 30.3 Å². The molecule has 1 fully saturated rings. The van der Waals surface area contributed by atoms with Crippen LogP contribution in [-0.2, 0) is 0 Å². The molecule has 8 nitrogen and oxygen atoms in total. The van der Waals surface area contributed by atoms with E-state index in [9.17, 15) is 14.7 Å². The number of nitrogens with zero attached hydrogens (tertiary/aromatic N) is 2. The average Bonchev–Trinajstić information content (AvgIpc) is 2.95. The van der Waals surface area contributed by atoms with Crippen LogP contribution in [0, 0.1) is 0 Å². The van der Waals surface area contributed by atoms with Crippen molar-refractivity contribution in [3.05, 3.63) is 77.9 Å². The van der Waals surface area contributed by atoms with Crippen LogP contribution in [-0.4, -0.2) is 79.8 Å². The molecule has 0 radical (unpaired) electrons. The Morgan fingerprint density at radius 1 is 0.872 bits per heavy atom. The van der Waals surface area contributed by atoms with Crippen molar-refractivity contribution in [2.75, 3.05) is 58.3 Å². The van der Waals surface area contributed by atoms with Gasteiger partial charge in [0.15, 0.2) is 0 Å². The first kappa shape index (κ1) is 28.1. The van der Waals surface area contributed by atoms with Crippen molar-refractivity contribution in [2.24, 2.45) is 0 Å². The first-order chi connectivity index (χ1) is 18.9. The fourth-order valence-corrected chi connectivity index (χ4v) is 4.43. The van der Waals surface area contributed by atoms with E-state index in [1.807, 2.05) is 30.3 Å². The summed E-state index contributed by atoms with van der Waals surface area (Å²) in [5, 5.41) is 12.6. The lowest BCUT2D eigenvalue weighted by Gasteiger charge is -2.32. The molecule has 206 valence electrons. The van der Waals surface area contributed by atoms with Crippen molar-refractivity contribution in [3.8, 4) is 22.6 Å². The Morgan fingerprint density at radius 3 is 2.36 bits per heavy atom. The van der Waals surface area contributed by atoms with Crippen molar-refractivity contribution in [1.82, 2.24) is 9.80 Å². The minimum absolute atomic E-state index is 0.0102. The summed E-state index contributed by atoms with van der Waals surface area (Å²) < 4.78 is 11.9. The van der Waals surface area contributed by atoms with Crippen LogP contribution in [0.2, 0.25) is 0 Å². The third-order valence-electron chi connectivity index (χ3n) is 6.83. The zero-order valence-corrected chi connectivity index (χ0v) is 22.7. The molecule has 0 aliphatic carbocycles. The van der Waals surface area contributed by atoms with E-state index in [-0.39, 0.29) is 11.3 Å². The van der Waals surface area contributed by atoms with Gasteiger partial charge in [0, 0.05) is 32.7 Å². The van der Waals surface area contributed by atoms with Gasteiger partial charge in [0.1, 0.15) is 18.1 Å². The number of carboxylic acid groups (broad SMARTS) is 1. The normalized spacial score (nSPS) is 14.1. The summed E-state index contributed by atoms with van der Waals surface area (Å²) in [6, 6.07) is 19.8. The molecule has 0 saturated carbocycles. The molecule has 39 heavy (non-hydrogen) atoms. The zero-order valence-electron chi connectivity index (χ0n) is 22.7. The zero-order chi connectivity index (χ0) is 27.6. The van der Waals surface area contributed by atoms with Gasteiger partial charge >= 0.3 is 5.97 Å². The molecule has 0 unspecified atom stereocenters. The number of hydrogen-bond acceptors (Lipinski definition) is 6. The number of unbranched alkanes of at least 4 members (excludes halogenated alkanes) is 1. The highest BCUT2D eigenvalue weighted by Gasteiger charge is 2.19. The van der Waals surface area contributed by atoms with Gasteiger partial charge in [-0.25, -0.2) is 4.79 Å². The van der Waals surface area contributed by atoms with Crippen LogP contribution in [0.25, 0.3) is 11.1 Å². The fourth-order valence-electron chi connectivity index (χ4n) is 4.43. The molecular weight excluding hydrogens is 494 g/mol. The lowest BCUT2D eigenvalue weighted by Crippen LogP contribution is -2.45. The van der Waals surface area contributed by atoms with E-state index in [1.165, 1.54) is 6.07 Å². The number of hydrogen-bond donors (Lipinski definition) is 2. The minimum Gasteiger partial charge on any atom is -0.493 e. The van der Waals surface area contributed by atoms with Gasteiger partial charge in [-0.15, -0.1) is 0 Å². The number of aromatic carboxylic acids is 1. The maximum atomic E-state index is 13.5. The highest BCUT2D eigenvalue weighted by Crippen LogP contribution is 2.29. The molecular formula is C31H37N3O5. The Hall–Kier alpha value is -3.88. The number of nitrogens with one attached hydrogen (secondary N) is 1. The number of carboxylic acids is 1. The molecule has 4 rings (SSSR count). The maximum absolute atomic E-state index is 13.5. The Balaban J connectivity index is 1.54. The van der Waals surface area contributed by atoms with E-state index < -0.39 is 11.9 Å². The van der Waals surface area contributed by atoms with Crippen LogP contribution in [0.3, 0.4) is 0 Å². The van der Waals surface area contributed by atoms with Gasteiger partial charge in [-0.1, -0.05) is 49.7 Å². The van der Waals surface area contributed by atoms with Gasteiger partial charge in [-0.2, -0.15) is 0 Å². The molecule has 0 spiro atoms. The van der Waals surface area contributed by atoms with Gasteiger partial charge in [0.05, 0.1) is 23.4 Å². The number of likely N-dealkylation sites (N-methyl/N-ethyl adjacent to an activating group) is 1. The molecule has 8 heteroatoms. The first-order valence-electron chi connectivity index (χ1n) is 13.5. The van der Waals surface area contributed by atoms with Crippen LogP contribution in [0.4, 0.5) is 5.69 Å². The molecule has 1 heterocycles. The second-order valence-corrected chi connectivity index (χ2v) is 9.74. The first-order valence-corrected chi connectivity index (χ1v) is 13.5. The van der Waals surface area contributed by atoms with Crippen LogP contribution in [0.5, 0.6) is 11.5 Å². The minimum atomic E-state index is -1.12. The SMILES string of the molecule is CCCCOc1ccc(OCCN2CCN(C)CC2)cc1C(=O)Nc1cc(-c2ccccc2)ccc1C(=O)O. The smallest absolute Gasteiger partial charge is 0.337 e. The van der Waals surface area contributed by atoms with Gasteiger partial charge in [0.25, 0.3) is 5.91 Å². The molecule has 1 aliphatic heterocycles. The van der Waals surface area contributed by atoms with Crippen molar-refractivity contribution < 1.29 is 24.2 Å². The Labute approximate surface area is 230 Å². The molecule has 3 aromatic carbocycles. The number of anilines is 1. The van der Waals surface area contributed by atoms with Crippen molar-refractivity contribution >= 4 is 17.6 Å². The number of rotatable bonds is 12.